The third-order valence-corrected chi connectivity index (χ3v) is 6.03. The number of benzene rings is 3. The fourth-order valence-corrected chi connectivity index (χ4v) is 4.10. The van der Waals surface area contributed by atoms with Crippen LogP contribution in [-0.2, 0) is 0 Å². The average Bonchev–Trinajstić information content (AvgIpc) is 3.34. The van der Waals surface area contributed by atoms with Gasteiger partial charge in [-0.2, -0.15) is 4.98 Å². The van der Waals surface area contributed by atoms with Crippen molar-refractivity contribution in [3.63, 3.8) is 0 Å². The molecule has 3 heterocycles. The number of halogens is 1. The predicted molar refractivity (Wildman–Crippen MR) is 138 cm³/mol. The summed E-state index contributed by atoms with van der Waals surface area (Å²) in [4.78, 5) is 34.3. The van der Waals surface area contributed by atoms with Crippen molar-refractivity contribution in [1.82, 2.24) is 9.97 Å². The molecular weight excluding hydrogens is 478 g/mol. The van der Waals surface area contributed by atoms with Crippen molar-refractivity contribution >= 4 is 45.4 Å². The van der Waals surface area contributed by atoms with Crippen molar-refractivity contribution in [1.29, 1.82) is 0 Å². The normalized spacial score (nSPS) is 11.1. The van der Waals surface area contributed by atoms with Crippen LogP contribution in [0.4, 0.5) is 5.69 Å². The molecule has 0 fully saturated rings. The summed E-state index contributed by atoms with van der Waals surface area (Å²) in [5.74, 6) is -0.0267. The quantitative estimate of drug-likeness (QED) is 0.279. The maximum atomic E-state index is 13.1. The Labute approximate surface area is 209 Å². The standard InChI is InChI=1S/C28H16ClN3O4/c29-21-11-10-19(27-32-25-24(35-27)9-4-12-30-25)15-22(21)31-26(33)18-7-3-6-16(13-18)20-14-17-5-1-2-8-23(17)36-28(20)34/h1-15H,(H,31,33). The summed E-state index contributed by atoms with van der Waals surface area (Å²) in [6.07, 6.45) is 1.64. The van der Waals surface area contributed by atoms with Gasteiger partial charge >= 0.3 is 5.63 Å². The highest BCUT2D eigenvalue weighted by molar-refractivity contribution is 6.34. The van der Waals surface area contributed by atoms with E-state index in [1.54, 1.807) is 79.0 Å². The fourth-order valence-electron chi connectivity index (χ4n) is 3.93. The maximum absolute atomic E-state index is 13.1. The molecule has 0 bridgehead atoms. The summed E-state index contributed by atoms with van der Waals surface area (Å²) in [6, 6.07) is 24.4. The molecule has 6 aromatic rings. The van der Waals surface area contributed by atoms with Crippen LogP contribution >= 0.6 is 11.6 Å². The first-order valence-corrected chi connectivity index (χ1v) is 11.4. The van der Waals surface area contributed by atoms with E-state index in [0.717, 1.165) is 5.39 Å². The van der Waals surface area contributed by atoms with Crippen LogP contribution in [0, 0.1) is 0 Å². The average molecular weight is 494 g/mol. The van der Waals surface area contributed by atoms with Gasteiger partial charge in [0.15, 0.2) is 11.2 Å². The summed E-state index contributed by atoms with van der Waals surface area (Å²) in [7, 11) is 0. The lowest BCUT2D eigenvalue weighted by Gasteiger charge is -2.10. The number of amides is 1. The van der Waals surface area contributed by atoms with Crippen LogP contribution in [0.25, 0.3) is 44.8 Å². The summed E-state index contributed by atoms with van der Waals surface area (Å²) in [6.45, 7) is 0. The van der Waals surface area contributed by atoms with E-state index in [4.69, 9.17) is 20.4 Å². The van der Waals surface area contributed by atoms with E-state index in [-0.39, 0.29) is 5.91 Å². The van der Waals surface area contributed by atoms with Crippen molar-refractivity contribution in [3.8, 4) is 22.6 Å². The minimum atomic E-state index is -0.477. The molecule has 3 aromatic heterocycles. The summed E-state index contributed by atoms with van der Waals surface area (Å²) in [5, 5.41) is 3.98. The van der Waals surface area contributed by atoms with E-state index in [9.17, 15) is 9.59 Å². The number of nitrogens with one attached hydrogen (secondary N) is 1. The second kappa shape index (κ2) is 8.79. The molecular formula is C28H16ClN3O4. The zero-order valence-electron chi connectivity index (χ0n) is 18.6. The lowest BCUT2D eigenvalue weighted by atomic mass is 10.0. The first-order valence-electron chi connectivity index (χ1n) is 11.0. The lowest BCUT2D eigenvalue weighted by molar-refractivity contribution is 0.102. The van der Waals surface area contributed by atoms with Crippen LogP contribution in [0.15, 0.2) is 105 Å². The van der Waals surface area contributed by atoms with E-state index in [2.05, 4.69) is 15.3 Å². The van der Waals surface area contributed by atoms with E-state index in [1.807, 2.05) is 12.1 Å². The van der Waals surface area contributed by atoms with Gasteiger partial charge in [0.05, 0.1) is 16.3 Å². The van der Waals surface area contributed by atoms with Crippen LogP contribution in [0.5, 0.6) is 0 Å². The molecule has 0 atom stereocenters. The second-order valence-electron chi connectivity index (χ2n) is 8.06. The Hall–Kier alpha value is -4.75. The minimum absolute atomic E-state index is 0.354. The largest absolute Gasteiger partial charge is 0.434 e. The van der Waals surface area contributed by atoms with Gasteiger partial charge in [0.25, 0.3) is 5.91 Å². The van der Waals surface area contributed by atoms with Crippen LogP contribution in [0.2, 0.25) is 5.02 Å². The van der Waals surface area contributed by atoms with E-state index < -0.39 is 5.63 Å². The lowest BCUT2D eigenvalue weighted by Crippen LogP contribution is -2.12. The second-order valence-corrected chi connectivity index (χ2v) is 8.47. The van der Waals surface area contributed by atoms with Gasteiger partial charge < -0.3 is 14.2 Å². The Bertz CT molecular complexity index is 1810. The number of hydrogen-bond acceptors (Lipinski definition) is 6. The Morgan fingerprint density at radius 3 is 2.58 bits per heavy atom. The molecule has 8 heteroatoms. The summed E-state index contributed by atoms with van der Waals surface area (Å²) in [5.41, 5.74) is 3.40. The molecule has 1 amide bonds. The highest BCUT2D eigenvalue weighted by Gasteiger charge is 2.15. The Morgan fingerprint density at radius 2 is 1.69 bits per heavy atom. The highest BCUT2D eigenvalue weighted by Crippen LogP contribution is 2.30. The smallest absolute Gasteiger partial charge is 0.344 e. The van der Waals surface area contributed by atoms with E-state index >= 15 is 0 Å². The SMILES string of the molecule is O=C(Nc1cc(-c2nc3ncccc3o2)ccc1Cl)c1cccc(-c2cc3ccccc3oc2=O)c1. The molecule has 3 aromatic carbocycles. The number of para-hydroxylation sites is 1. The number of pyridine rings is 1. The van der Waals surface area contributed by atoms with Gasteiger partial charge in [-0.15, -0.1) is 0 Å². The molecule has 0 unspecified atom stereocenters. The Balaban J connectivity index is 1.31. The highest BCUT2D eigenvalue weighted by atomic mass is 35.5. The van der Waals surface area contributed by atoms with Gasteiger partial charge in [-0.3, -0.25) is 4.79 Å². The number of rotatable bonds is 4. The third kappa shape index (κ3) is 4.01. The number of carbonyl (C=O) groups excluding carboxylic acids is 1. The molecule has 7 nitrogen and oxygen atoms in total. The van der Waals surface area contributed by atoms with Crippen molar-refractivity contribution in [2.75, 3.05) is 5.32 Å². The summed E-state index contributed by atoms with van der Waals surface area (Å²) >= 11 is 6.37. The first-order chi connectivity index (χ1) is 17.5. The van der Waals surface area contributed by atoms with Crippen LogP contribution in [0.3, 0.4) is 0 Å². The zero-order valence-corrected chi connectivity index (χ0v) is 19.3. The van der Waals surface area contributed by atoms with Crippen LogP contribution < -0.4 is 10.9 Å². The molecule has 0 radical (unpaired) electrons. The molecule has 1 N–H and O–H groups in total. The number of anilines is 1. The van der Waals surface area contributed by atoms with Crippen molar-refractivity contribution in [2.45, 2.75) is 0 Å². The maximum Gasteiger partial charge on any atom is 0.344 e. The number of nitrogens with zero attached hydrogens (tertiary/aromatic N) is 2. The van der Waals surface area contributed by atoms with Gasteiger partial charge in [-0.25, -0.2) is 9.78 Å². The molecule has 36 heavy (non-hydrogen) atoms. The predicted octanol–water partition coefficient (Wildman–Crippen LogP) is 6.57. The number of oxazole rings is 1. The van der Waals surface area contributed by atoms with Crippen molar-refractivity contribution in [3.05, 3.63) is 112 Å². The zero-order chi connectivity index (χ0) is 24.6. The number of hydrogen-bond donors (Lipinski definition) is 1. The molecule has 0 saturated carbocycles. The van der Waals surface area contributed by atoms with Crippen LogP contribution in [-0.4, -0.2) is 15.9 Å². The number of carbonyl (C=O) groups is 1. The molecule has 0 aliphatic rings. The van der Waals surface area contributed by atoms with Gasteiger partial charge in [0, 0.05) is 22.7 Å². The van der Waals surface area contributed by atoms with Crippen molar-refractivity contribution in [2.24, 2.45) is 0 Å². The third-order valence-electron chi connectivity index (χ3n) is 5.70. The number of fused-ring (bicyclic) bond motifs is 2. The number of aromatic nitrogens is 2. The minimum Gasteiger partial charge on any atom is -0.434 e. The molecule has 6 rings (SSSR count). The van der Waals surface area contributed by atoms with Crippen molar-refractivity contribution < 1.29 is 13.6 Å². The topological polar surface area (TPSA) is 98.2 Å². The molecule has 0 spiro atoms. The molecule has 0 aliphatic carbocycles. The van der Waals surface area contributed by atoms with E-state index in [1.165, 1.54) is 0 Å². The van der Waals surface area contributed by atoms with E-state index in [0.29, 0.717) is 55.7 Å². The monoisotopic (exact) mass is 493 g/mol. The van der Waals surface area contributed by atoms with Crippen LogP contribution in [0.1, 0.15) is 10.4 Å². The first kappa shape index (κ1) is 21.8. The Kier molecular flexibility index (Phi) is 5.32. The molecule has 0 saturated heterocycles. The Morgan fingerprint density at radius 1 is 0.833 bits per heavy atom. The summed E-state index contributed by atoms with van der Waals surface area (Å²) < 4.78 is 11.2. The molecule has 0 aliphatic heterocycles. The van der Waals surface area contributed by atoms with Gasteiger partial charge in [0.2, 0.25) is 5.89 Å². The fraction of sp³-hybridized carbons (Fsp3) is 0. The van der Waals surface area contributed by atoms with Gasteiger partial charge in [0.1, 0.15) is 5.58 Å². The molecule has 174 valence electrons. The van der Waals surface area contributed by atoms with Gasteiger partial charge in [-0.05, 0) is 60.2 Å². The van der Waals surface area contributed by atoms with Gasteiger partial charge in [-0.1, -0.05) is 41.9 Å².